The topological polar surface area (TPSA) is 81.9 Å². The molecule has 1 aromatic carbocycles. The van der Waals surface area contributed by atoms with Gasteiger partial charge in [0.15, 0.2) is 0 Å². The minimum atomic E-state index is -3.58. The summed E-state index contributed by atoms with van der Waals surface area (Å²) in [5.41, 5.74) is 5.61. The van der Waals surface area contributed by atoms with Crippen molar-refractivity contribution in [1.82, 2.24) is 4.31 Å². The molecule has 1 aliphatic rings. The molecule has 0 amide bonds. The molecular weight excluding hydrogens is 280 g/mol. The lowest BCUT2D eigenvalue weighted by atomic mass is 10.1. The monoisotopic (exact) mass is 300 g/mol. The number of ether oxygens (including phenoxy) is 2. The van der Waals surface area contributed by atoms with Crippen LogP contribution in [-0.4, -0.2) is 46.6 Å². The third kappa shape index (κ3) is 2.74. The van der Waals surface area contributed by atoms with Crippen LogP contribution in [0.3, 0.4) is 0 Å². The molecule has 1 aliphatic heterocycles. The van der Waals surface area contributed by atoms with Gasteiger partial charge in [-0.1, -0.05) is 0 Å². The SMILES string of the molecule is COc1ccc(OC)c(S(=O)(=O)N2CCC(CN)C2)c1. The Morgan fingerprint density at radius 1 is 1.35 bits per heavy atom. The molecule has 1 unspecified atom stereocenters. The molecule has 0 bridgehead atoms. The van der Waals surface area contributed by atoms with E-state index >= 15 is 0 Å². The van der Waals surface area contributed by atoms with Gasteiger partial charge < -0.3 is 15.2 Å². The number of nitrogens with zero attached hydrogens (tertiary/aromatic N) is 1. The molecule has 0 spiro atoms. The number of nitrogens with two attached hydrogens (primary N) is 1. The third-order valence-electron chi connectivity index (χ3n) is 3.57. The highest BCUT2D eigenvalue weighted by Gasteiger charge is 2.34. The molecule has 1 aromatic rings. The number of methoxy groups -OCH3 is 2. The van der Waals surface area contributed by atoms with Gasteiger partial charge in [-0.05, 0) is 31.0 Å². The first-order valence-electron chi connectivity index (χ1n) is 6.45. The van der Waals surface area contributed by atoms with Crippen LogP contribution in [0.15, 0.2) is 23.1 Å². The summed E-state index contributed by atoms with van der Waals surface area (Å²) in [7, 11) is -0.634. The average Bonchev–Trinajstić information content (AvgIpc) is 2.96. The summed E-state index contributed by atoms with van der Waals surface area (Å²) >= 11 is 0. The van der Waals surface area contributed by atoms with E-state index < -0.39 is 10.0 Å². The van der Waals surface area contributed by atoms with Gasteiger partial charge in [0.1, 0.15) is 16.4 Å². The first-order chi connectivity index (χ1) is 9.52. The Morgan fingerprint density at radius 2 is 2.10 bits per heavy atom. The van der Waals surface area contributed by atoms with Crippen molar-refractivity contribution in [3.05, 3.63) is 18.2 Å². The van der Waals surface area contributed by atoms with E-state index in [4.69, 9.17) is 15.2 Å². The van der Waals surface area contributed by atoms with E-state index in [2.05, 4.69) is 0 Å². The molecule has 1 saturated heterocycles. The second-order valence-electron chi connectivity index (χ2n) is 4.77. The van der Waals surface area contributed by atoms with E-state index in [1.165, 1.54) is 24.6 Å². The average molecular weight is 300 g/mol. The summed E-state index contributed by atoms with van der Waals surface area (Å²) < 4.78 is 37.1. The Hall–Kier alpha value is -1.31. The van der Waals surface area contributed by atoms with E-state index in [1.54, 1.807) is 12.1 Å². The summed E-state index contributed by atoms with van der Waals surface area (Å²) in [5.74, 6) is 1.03. The fourth-order valence-electron chi connectivity index (χ4n) is 2.33. The fourth-order valence-corrected chi connectivity index (χ4v) is 4.03. The molecule has 6 nitrogen and oxygen atoms in total. The quantitative estimate of drug-likeness (QED) is 0.864. The van der Waals surface area contributed by atoms with Crippen molar-refractivity contribution in [2.75, 3.05) is 33.9 Å². The van der Waals surface area contributed by atoms with E-state index in [-0.39, 0.29) is 10.8 Å². The molecule has 0 radical (unpaired) electrons. The summed E-state index contributed by atoms with van der Waals surface area (Å²) in [6.07, 6.45) is 0.794. The van der Waals surface area contributed by atoms with Gasteiger partial charge in [-0.15, -0.1) is 0 Å². The molecule has 1 heterocycles. The predicted octanol–water partition coefficient (Wildman–Crippen LogP) is 0.673. The predicted molar refractivity (Wildman–Crippen MR) is 75.5 cm³/mol. The van der Waals surface area contributed by atoms with Crippen LogP contribution >= 0.6 is 0 Å². The molecule has 7 heteroatoms. The minimum absolute atomic E-state index is 0.136. The van der Waals surface area contributed by atoms with Crippen LogP contribution in [0.5, 0.6) is 11.5 Å². The summed E-state index contributed by atoms with van der Waals surface area (Å²) in [4.78, 5) is 0.136. The Bertz CT molecular complexity index is 574. The third-order valence-corrected chi connectivity index (χ3v) is 5.46. The second-order valence-corrected chi connectivity index (χ2v) is 6.68. The lowest BCUT2D eigenvalue weighted by Gasteiger charge is -2.18. The van der Waals surface area contributed by atoms with Gasteiger partial charge in [0, 0.05) is 19.2 Å². The zero-order valence-corrected chi connectivity index (χ0v) is 12.5. The summed E-state index contributed by atoms with van der Waals surface area (Å²) in [6.45, 7) is 1.45. The molecular formula is C13H20N2O4S. The van der Waals surface area contributed by atoms with Crippen molar-refractivity contribution in [3.63, 3.8) is 0 Å². The zero-order chi connectivity index (χ0) is 14.8. The standard InChI is InChI=1S/C13H20N2O4S/c1-18-11-3-4-12(19-2)13(7-11)20(16,17)15-6-5-10(8-14)9-15/h3-4,7,10H,5-6,8-9,14H2,1-2H3. The first kappa shape index (κ1) is 15.1. The van der Waals surface area contributed by atoms with Crippen LogP contribution in [0.25, 0.3) is 0 Å². The van der Waals surface area contributed by atoms with Crippen LogP contribution in [0, 0.1) is 5.92 Å². The smallest absolute Gasteiger partial charge is 0.246 e. The Kier molecular flexibility index (Phi) is 4.52. The molecule has 2 N–H and O–H groups in total. The van der Waals surface area contributed by atoms with Gasteiger partial charge in [0.05, 0.1) is 14.2 Å². The highest BCUT2D eigenvalue weighted by Crippen LogP contribution is 2.32. The van der Waals surface area contributed by atoms with Crippen LogP contribution < -0.4 is 15.2 Å². The van der Waals surface area contributed by atoms with Crippen molar-refractivity contribution in [1.29, 1.82) is 0 Å². The maximum Gasteiger partial charge on any atom is 0.246 e. The van der Waals surface area contributed by atoms with E-state index in [0.717, 1.165) is 6.42 Å². The maximum absolute atomic E-state index is 12.7. The van der Waals surface area contributed by atoms with Gasteiger partial charge in [-0.3, -0.25) is 0 Å². The van der Waals surface area contributed by atoms with Crippen LogP contribution in [0.2, 0.25) is 0 Å². The molecule has 0 aliphatic carbocycles. The van der Waals surface area contributed by atoms with Crippen molar-refractivity contribution in [2.45, 2.75) is 11.3 Å². The summed E-state index contributed by atoms with van der Waals surface area (Å²) in [5, 5.41) is 0. The van der Waals surface area contributed by atoms with Crippen LogP contribution in [-0.2, 0) is 10.0 Å². The van der Waals surface area contributed by atoms with Crippen molar-refractivity contribution >= 4 is 10.0 Å². The van der Waals surface area contributed by atoms with Crippen LogP contribution in [0.1, 0.15) is 6.42 Å². The second kappa shape index (κ2) is 5.99. The minimum Gasteiger partial charge on any atom is -0.497 e. The fraction of sp³-hybridized carbons (Fsp3) is 0.538. The number of hydrogen-bond donors (Lipinski definition) is 1. The van der Waals surface area contributed by atoms with E-state index in [9.17, 15) is 8.42 Å². The van der Waals surface area contributed by atoms with Crippen molar-refractivity contribution in [2.24, 2.45) is 11.7 Å². The molecule has 1 fully saturated rings. The van der Waals surface area contributed by atoms with Gasteiger partial charge >= 0.3 is 0 Å². The van der Waals surface area contributed by atoms with Crippen molar-refractivity contribution in [3.8, 4) is 11.5 Å². The number of benzene rings is 1. The number of rotatable bonds is 5. The molecule has 0 saturated carbocycles. The Balaban J connectivity index is 2.38. The van der Waals surface area contributed by atoms with Gasteiger partial charge in [-0.2, -0.15) is 4.31 Å². The molecule has 1 atom stereocenters. The maximum atomic E-state index is 12.7. The van der Waals surface area contributed by atoms with Crippen molar-refractivity contribution < 1.29 is 17.9 Å². The van der Waals surface area contributed by atoms with Gasteiger partial charge in [0.2, 0.25) is 10.0 Å². The summed E-state index contributed by atoms with van der Waals surface area (Å²) in [6, 6.07) is 4.76. The highest BCUT2D eigenvalue weighted by molar-refractivity contribution is 7.89. The zero-order valence-electron chi connectivity index (χ0n) is 11.7. The highest BCUT2D eigenvalue weighted by atomic mass is 32.2. The largest absolute Gasteiger partial charge is 0.497 e. The number of sulfonamides is 1. The lowest BCUT2D eigenvalue weighted by Crippen LogP contribution is -2.30. The first-order valence-corrected chi connectivity index (χ1v) is 7.89. The molecule has 2 rings (SSSR count). The molecule has 0 aromatic heterocycles. The van der Waals surface area contributed by atoms with Gasteiger partial charge in [0.25, 0.3) is 0 Å². The molecule has 112 valence electrons. The van der Waals surface area contributed by atoms with Crippen LogP contribution in [0.4, 0.5) is 0 Å². The molecule has 20 heavy (non-hydrogen) atoms. The Morgan fingerprint density at radius 3 is 2.65 bits per heavy atom. The number of hydrogen-bond acceptors (Lipinski definition) is 5. The normalized spacial score (nSPS) is 20.1. The van der Waals surface area contributed by atoms with Gasteiger partial charge in [-0.25, -0.2) is 8.42 Å². The Labute approximate surface area is 119 Å². The van der Waals surface area contributed by atoms with E-state index in [1.807, 2.05) is 0 Å². The van der Waals surface area contributed by atoms with E-state index in [0.29, 0.717) is 31.1 Å². The lowest BCUT2D eigenvalue weighted by molar-refractivity contribution is 0.388.